The molecule has 9 heteroatoms. The summed E-state index contributed by atoms with van der Waals surface area (Å²) in [6.45, 7) is 1.76. The molecule has 108 valence electrons. The molecule has 0 saturated heterocycles. The first-order chi connectivity index (χ1) is 9.24. The first-order valence-corrected chi connectivity index (χ1v) is 7.68. The van der Waals surface area contributed by atoms with Crippen molar-refractivity contribution in [3.8, 4) is 0 Å². The second-order valence-electron chi connectivity index (χ2n) is 4.30. The van der Waals surface area contributed by atoms with E-state index in [0.717, 1.165) is 18.1 Å². The minimum atomic E-state index is -4.47. The molecule has 1 atom stereocenters. The summed E-state index contributed by atoms with van der Waals surface area (Å²) in [6.07, 6.45) is 1.18. The van der Waals surface area contributed by atoms with E-state index >= 15 is 0 Å². The highest BCUT2D eigenvalue weighted by molar-refractivity contribution is 7.86. The summed E-state index contributed by atoms with van der Waals surface area (Å²) < 4.78 is 31.3. The Morgan fingerprint density at radius 3 is 2.60 bits per heavy atom. The van der Waals surface area contributed by atoms with Gasteiger partial charge in [0.1, 0.15) is 17.2 Å². The topological polar surface area (TPSA) is 87.0 Å². The molecule has 0 saturated carbocycles. The fourth-order valence-corrected chi connectivity index (χ4v) is 3.26. The van der Waals surface area contributed by atoms with Gasteiger partial charge in [-0.25, -0.2) is 0 Å². The fourth-order valence-electron chi connectivity index (χ4n) is 1.92. The number of carbonyl (C=O) groups is 1. The van der Waals surface area contributed by atoms with Gasteiger partial charge >= 0.3 is 0 Å². The van der Waals surface area contributed by atoms with Crippen LogP contribution in [0.5, 0.6) is 0 Å². The van der Waals surface area contributed by atoms with Gasteiger partial charge in [-0.1, -0.05) is 23.2 Å². The second kappa shape index (κ2) is 5.33. The van der Waals surface area contributed by atoms with Gasteiger partial charge in [-0.05, 0) is 19.1 Å². The standard InChI is InChI=1S/C11H10Cl2N2O4S/c1-6-2-7(5-16)15(14-6)10-3-9(13)11(4-8(10)12)20(17,18)19/h3-5,7H,2H2,1H3,(H,17,18,19). The lowest BCUT2D eigenvalue weighted by molar-refractivity contribution is -0.108. The number of anilines is 1. The number of benzene rings is 1. The number of carbonyl (C=O) groups excluding carboxylic acids is 1. The third-order valence-corrected chi connectivity index (χ3v) is 4.40. The van der Waals surface area contributed by atoms with Gasteiger partial charge in [-0.3, -0.25) is 9.56 Å². The van der Waals surface area contributed by atoms with Crippen molar-refractivity contribution in [1.82, 2.24) is 0 Å². The van der Waals surface area contributed by atoms with Crippen molar-refractivity contribution in [3.05, 3.63) is 22.2 Å². The van der Waals surface area contributed by atoms with E-state index < -0.39 is 21.1 Å². The average Bonchev–Trinajstić information content (AvgIpc) is 2.71. The van der Waals surface area contributed by atoms with Crippen molar-refractivity contribution in [2.45, 2.75) is 24.3 Å². The Hall–Kier alpha value is -1.15. The summed E-state index contributed by atoms with van der Waals surface area (Å²) in [5.74, 6) is 0. The Balaban J connectivity index is 2.55. The van der Waals surface area contributed by atoms with Crippen LogP contribution in [-0.2, 0) is 14.9 Å². The molecule has 1 N–H and O–H groups in total. The zero-order chi connectivity index (χ0) is 15.1. The van der Waals surface area contributed by atoms with E-state index in [2.05, 4.69) is 5.10 Å². The van der Waals surface area contributed by atoms with Crippen LogP contribution in [0.2, 0.25) is 10.0 Å². The third-order valence-electron chi connectivity index (χ3n) is 2.78. The molecule has 20 heavy (non-hydrogen) atoms. The number of hydrogen-bond acceptors (Lipinski definition) is 5. The predicted molar refractivity (Wildman–Crippen MR) is 76.3 cm³/mol. The van der Waals surface area contributed by atoms with Gasteiger partial charge < -0.3 is 4.79 Å². The highest BCUT2D eigenvalue weighted by Gasteiger charge is 2.28. The number of aldehydes is 1. The van der Waals surface area contributed by atoms with Crippen LogP contribution in [0.3, 0.4) is 0 Å². The quantitative estimate of drug-likeness (QED) is 0.676. The molecule has 1 aromatic rings. The zero-order valence-corrected chi connectivity index (χ0v) is 12.6. The van der Waals surface area contributed by atoms with E-state index in [1.807, 2.05) is 0 Å². The van der Waals surface area contributed by atoms with Crippen LogP contribution >= 0.6 is 23.2 Å². The maximum absolute atomic E-state index is 11.1. The highest BCUT2D eigenvalue weighted by atomic mass is 35.5. The first-order valence-electron chi connectivity index (χ1n) is 5.49. The summed E-state index contributed by atoms with van der Waals surface area (Å²) in [6, 6.07) is 1.77. The predicted octanol–water partition coefficient (Wildman–Crippen LogP) is 2.39. The molecule has 0 radical (unpaired) electrons. The molecular formula is C11H10Cl2N2O4S. The monoisotopic (exact) mass is 336 g/mol. The smallest absolute Gasteiger partial charge is 0.296 e. The van der Waals surface area contributed by atoms with Crippen LogP contribution < -0.4 is 5.01 Å². The van der Waals surface area contributed by atoms with Gasteiger partial charge in [0.15, 0.2) is 0 Å². The fraction of sp³-hybridized carbons (Fsp3) is 0.273. The van der Waals surface area contributed by atoms with Crippen LogP contribution in [0.1, 0.15) is 13.3 Å². The molecule has 0 bridgehead atoms. The summed E-state index contributed by atoms with van der Waals surface area (Å²) in [7, 11) is -4.47. The Morgan fingerprint density at radius 2 is 2.05 bits per heavy atom. The number of hydrogen-bond donors (Lipinski definition) is 1. The Bertz CT molecular complexity index is 703. The van der Waals surface area contributed by atoms with Gasteiger partial charge in [0.25, 0.3) is 10.1 Å². The molecule has 6 nitrogen and oxygen atoms in total. The van der Waals surface area contributed by atoms with Gasteiger partial charge in [0.05, 0.1) is 15.7 Å². The lowest BCUT2D eigenvalue weighted by atomic mass is 10.2. The van der Waals surface area contributed by atoms with E-state index in [0.29, 0.717) is 12.1 Å². The van der Waals surface area contributed by atoms with Crippen molar-refractivity contribution in [2.24, 2.45) is 5.10 Å². The van der Waals surface area contributed by atoms with E-state index in [1.165, 1.54) is 11.1 Å². The Kier molecular flexibility index (Phi) is 4.06. The maximum atomic E-state index is 11.1. The molecule has 1 unspecified atom stereocenters. The summed E-state index contributed by atoms with van der Waals surface area (Å²) in [4.78, 5) is 10.5. The molecule has 2 rings (SSSR count). The number of hydrazone groups is 1. The largest absolute Gasteiger partial charge is 0.301 e. The zero-order valence-electron chi connectivity index (χ0n) is 10.2. The van der Waals surface area contributed by atoms with Crippen molar-refractivity contribution in [3.63, 3.8) is 0 Å². The molecule has 1 aliphatic rings. The van der Waals surface area contributed by atoms with Crippen LogP contribution in [-0.4, -0.2) is 31.0 Å². The Morgan fingerprint density at radius 1 is 1.40 bits per heavy atom. The highest BCUT2D eigenvalue weighted by Crippen LogP contribution is 2.36. The lowest BCUT2D eigenvalue weighted by Crippen LogP contribution is -2.27. The van der Waals surface area contributed by atoms with E-state index in [1.54, 1.807) is 6.92 Å². The van der Waals surface area contributed by atoms with Crippen molar-refractivity contribution in [1.29, 1.82) is 0 Å². The van der Waals surface area contributed by atoms with Gasteiger partial charge in [-0.15, -0.1) is 0 Å². The molecule has 0 spiro atoms. The van der Waals surface area contributed by atoms with Crippen LogP contribution in [0.15, 0.2) is 22.1 Å². The third kappa shape index (κ3) is 2.80. The van der Waals surface area contributed by atoms with Crippen LogP contribution in [0, 0.1) is 0 Å². The van der Waals surface area contributed by atoms with E-state index in [4.69, 9.17) is 27.8 Å². The molecule has 0 amide bonds. The van der Waals surface area contributed by atoms with Crippen LogP contribution in [0.4, 0.5) is 5.69 Å². The summed E-state index contributed by atoms with van der Waals surface area (Å²) in [5.41, 5.74) is 1.05. The molecular weight excluding hydrogens is 327 g/mol. The SMILES string of the molecule is CC1=NN(c2cc(Cl)c(S(=O)(=O)O)cc2Cl)C(C=O)C1. The number of halogens is 2. The minimum absolute atomic E-state index is 0.0207. The van der Waals surface area contributed by atoms with Gasteiger partial charge in [-0.2, -0.15) is 13.5 Å². The van der Waals surface area contributed by atoms with Crippen LogP contribution in [0.25, 0.3) is 0 Å². The van der Waals surface area contributed by atoms with Crippen molar-refractivity contribution in [2.75, 3.05) is 5.01 Å². The van der Waals surface area contributed by atoms with Crippen molar-refractivity contribution >= 4 is 51.0 Å². The molecule has 1 aromatic carbocycles. The number of rotatable bonds is 3. The lowest BCUT2D eigenvalue weighted by Gasteiger charge is -2.21. The summed E-state index contributed by atoms with van der Waals surface area (Å²) in [5, 5.41) is 5.37. The first kappa shape index (κ1) is 15.2. The molecule has 1 heterocycles. The van der Waals surface area contributed by atoms with Crippen molar-refractivity contribution < 1.29 is 17.8 Å². The van der Waals surface area contributed by atoms with E-state index in [9.17, 15) is 13.2 Å². The minimum Gasteiger partial charge on any atom is -0.301 e. The second-order valence-corrected chi connectivity index (χ2v) is 6.50. The van der Waals surface area contributed by atoms with E-state index in [-0.39, 0.29) is 10.0 Å². The maximum Gasteiger partial charge on any atom is 0.296 e. The average molecular weight is 337 g/mol. The molecule has 0 fully saturated rings. The van der Waals surface area contributed by atoms with Gasteiger partial charge in [0.2, 0.25) is 0 Å². The van der Waals surface area contributed by atoms with Gasteiger partial charge in [0, 0.05) is 12.1 Å². The Labute approximate surface area is 125 Å². The molecule has 1 aliphatic heterocycles. The molecule has 0 aliphatic carbocycles. The molecule has 0 aromatic heterocycles. The normalized spacial score (nSPS) is 19.1. The summed E-state index contributed by atoms with van der Waals surface area (Å²) >= 11 is 11.8. The number of nitrogens with zero attached hydrogens (tertiary/aromatic N) is 2.